The number of rotatable bonds is 7. The average Bonchev–Trinajstić information content (AvgIpc) is 3.22. The molecule has 1 amide bonds. The zero-order chi connectivity index (χ0) is 20.1. The zero-order valence-corrected chi connectivity index (χ0v) is 16.0. The SMILES string of the molecule is CCCCOc1ccc(C(=O)Nc2nnc(C3COc4ccccc4O3)o2)cc1. The van der Waals surface area contributed by atoms with Crippen LogP contribution in [-0.2, 0) is 0 Å². The van der Waals surface area contributed by atoms with Gasteiger partial charge in [-0.15, -0.1) is 5.10 Å². The van der Waals surface area contributed by atoms with Crippen molar-refractivity contribution in [3.63, 3.8) is 0 Å². The van der Waals surface area contributed by atoms with Crippen molar-refractivity contribution in [3.05, 3.63) is 60.0 Å². The summed E-state index contributed by atoms with van der Waals surface area (Å²) >= 11 is 0. The number of benzene rings is 2. The Labute approximate surface area is 167 Å². The average molecular weight is 395 g/mol. The van der Waals surface area contributed by atoms with Crippen LogP contribution < -0.4 is 19.5 Å². The number of aromatic nitrogens is 2. The summed E-state index contributed by atoms with van der Waals surface area (Å²) < 4.78 is 22.6. The van der Waals surface area contributed by atoms with Crippen molar-refractivity contribution in [1.29, 1.82) is 0 Å². The second-order valence-electron chi connectivity index (χ2n) is 6.49. The predicted octanol–water partition coefficient (Wildman–Crippen LogP) is 4.01. The normalized spacial score (nSPS) is 15.0. The summed E-state index contributed by atoms with van der Waals surface area (Å²) in [5.74, 6) is 1.87. The molecule has 0 saturated carbocycles. The predicted molar refractivity (Wildman–Crippen MR) is 104 cm³/mol. The van der Waals surface area contributed by atoms with E-state index >= 15 is 0 Å². The van der Waals surface area contributed by atoms with Gasteiger partial charge in [0.2, 0.25) is 6.10 Å². The quantitative estimate of drug-likeness (QED) is 0.604. The van der Waals surface area contributed by atoms with Crippen LogP contribution in [0.1, 0.15) is 42.1 Å². The second-order valence-corrected chi connectivity index (χ2v) is 6.49. The van der Waals surface area contributed by atoms with Gasteiger partial charge in [0.25, 0.3) is 11.8 Å². The lowest BCUT2D eigenvalue weighted by Crippen LogP contribution is -2.21. The van der Waals surface area contributed by atoms with E-state index in [1.54, 1.807) is 30.3 Å². The molecule has 4 rings (SSSR count). The van der Waals surface area contributed by atoms with Crippen LogP contribution in [0.25, 0.3) is 0 Å². The maximum atomic E-state index is 12.4. The number of amides is 1. The first-order valence-electron chi connectivity index (χ1n) is 9.49. The molecule has 0 radical (unpaired) electrons. The number of nitrogens with zero attached hydrogens (tertiary/aromatic N) is 2. The molecular weight excluding hydrogens is 374 g/mol. The fraction of sp³-hybridized carbons (Fsp3) is 0.286. The number of para-hydroxylation sites is 2. The Morgan fingerprint density at radius 2 is 1.93 bits per heavy atom. The lowest BCUT2D eigenvalue weighted by Gasteiger charge is -2.23. The van der Waals surface area contributed by atoms with E-state index in [1.165, 1.54) is 0 Å². The van der Waals surface area contributed by atoms with E-state index in [4.69, 9.17) is 18.6 Å². The summed E-state index contributed by atoms with van der Waals surface area (Å²) in [5, 5.41) is 10.4. The molecule has 8 nitrogen and oxygen atoms in total. The standard InChI is InChI=1S/C21H21N3O5/c1-2-3-12-26-15-10-8-14(9-11-15)19(25)22-21-24-23-20(29-21)18-13-27-16-6-4-5-7-17(16)28-18/h4-11,18H,2-3,12-13H2,1H3,(H,22,24,25). The van der Waals surface area contributed by atoms with Gasteiger partial charge in [-0.3, -0.25) is 10.1 Å². The summed E-state index contributed by atoms with van der Waals surface area (Å²) in [5.41, 5.74) is 0.457. The first-order chi connectivity index (χ1) is 14.2. The molecule has 3 aromatic rings. The third-order valence-corrected chi connectivity index (χ3v) is 4.33. The number of nitrogens with one attached hydrogen (secondary N) is 1. The Bertz CT molecular complexity index is 970. The van der Waals surface area contributed by atoms with Gasteiger partial charge in [0.1, 0.15) is 12.4 Å². The van der Waals surface area contributed by atoms with Crippen molar-refractivity contribution in [3.8, 4) is 17.2 Å². The summed E-state index contributed by atoms with van der Waals surface area (Å²) in [7, 11) is 0. The molecule has 0 saturated heterocycles. The molecule has 1 aliphatic heterocycles. The van der Waals surface area contributed by atoms with Crippen LogP contribution in [0.15, 0.2) is 52.9 Å². The largest absolute Gasteiger partial charge is 0.494 e. The highest BCUT2D eigenvalue weighted by Crippen LogP contribution is 2.35. The number of ether oxygens (including phenoxy) is 3. The third kappa shape index (κ3) is 4.48. The molecule has 1 aliphatic rings. The maximum absolute atomic E-state index is 12.4. The molecule has 0 aliphatic carbocycles. The minimum absolute atomic E-state index is 0.00395. The van der Waals surface area contributed by atoms with E-state index in [0.717, 1.165) is 18.6 Å². The van der Waals surface area contributed by atoms with Gasteiger partial charge in [0, 0.05) is 5.56 Å². The monoisotopic (exact) mass is 395 g/mol. The van der Waals surface area contributed by atoms with E-state index in [0.29, 0.717) is 23.7 Å². The number of carbonyl (C=O) groups is 1. The topological polar surface area (TPSA) is 95.7 Å². The van der Waals surface area contributed by atoms with E-state index in [1.807, 2.05) is 18.2 Å². The minimum Gasteiger partial charge on any atom is -0.494 e. The Hall–Kier alpha value is -3.55. The van der Waals surface area contributed by atoms with Gasteiger partial charge >= 0.3 is 6.01 Å². The Morgan fingerprint density at radius 3 is 2.72 bits per heavy atom. The number of fused-ring (bicyclic) bond motifs is 1. The summed E-state index contributed by atoms with van der Waals surface area (Å²) in [6.07, 6.45) is 1.52. The molecule has 29 heavy (non-hydrogen) atoms. The molecule has 2 aromatic carbocycles. The molecule has 8 heteroatoms. The highest BCUT2D eigenvalue weighted by molar-refractivity contribution is 6.03. The van der Waals surface area contributed by atoms with Gasteiger partial charge in [-0.25, -0.2) is 0 Å². The molecule has 1 N–H and O–H groups in total. The molecule has 2 heterocycles. The summed E-state index contributed by atoms with van der Waals surface area (Å²) in [6.45, 7) is 3.00. The van der Waals surface area contributed by atoms with Crippen LogP contribution in [0, 0.1) is 0 Å². The van der Waals surface area contributed by atoms with Crippen LogP contribution in [0.2, 0.25) is 0 Å². The molecule has 1 atom stereocenters. The Kier molecular flexibility index (Phi) is 5.60. The van der Waals surface area contributed by atoms with E-state index < -0.39 is 6.10 Å². The molecule has 1 unspecified atom stereocenters. The van der Waals surface area contributed by atoms with Crippen molar-refractivity contribution in [1.82, 2.24) is 10.2 Å². The van der Waals surface area contributed by atoms with Crippen molar-refractivity contribution in [2.45, 2.75) is 25.9 Å². The van der Waals surface area contributed by atoms with Gasteiger partial charge in [0.15, 0.2) is 11.5 Å². The number of unbranched alkanes of at least 4 members (excludes halogenated alkanes) is 1. The summed E-state index contributed by atoms with van der Waals surface area (Å²) in [4.78, 5) is 12.4. The molecule has 0 spiro atoms. The lowest BCUT2D eigenvalue weighted by atomic mass is 10.2. The van der Waals surface area contributed by atoms with Crippen LogP contribution >= 0.6 is 0 Å². The first-order valence-corrected chi connectivity index (χ1v) is 9.49. The van der Waals surface area contributed by atoms with E-state index in [-0.39, 0.29) is 24.4 Å². The number of hydrogen-bond acceptors (Lipinski definition) is 7. The highest BCUT2D eigenvalue weighted by Gasteiger charge is 2.27. The fourth-order valence-corrected chi connectivity index (χ4v) is 2.76. The molecule has 1 aromatic heterocycles. The molecule has 0 fully saturated rings. The number of carbonyl (C=O) groups excluding carboxylic acids is 1. The van der Waals surface area contributed by atoms with Crippen LogP contribution in [-0.4, -0.2) is 29.3 Å². The fourth-order valence-electron chi connectivity index (χ4n) is 2.76. The van der Waals surface area contributed by atoms with Crippen LogP contribution in [0.3, 0.4) is 0 Å². The van der Waals surface area contributed by atoms with E-state index in [9.17, 15) is 4.79 Å². The smallest absolute Gasteiger partial charge is 0.322 e. The van der Waals surface area contributed by atoms with Crippen molar-refractivity contribution < 1.29 is 23.4 Å². The molecule has 0 bridgehead atoms. The molecular formula is C21H21N3O5. The lowest BCUT2D eigenvalue weighted by molar-refractivity contribution is 0.0716. The van der Waals surface area contributed by atoms with Gasteiger partial charge in [-0.1, -0.05) is 30.6 Å². The van der Waals surface area contributed by atoms with Gasteiger partial charge in [-0.05, 0) is 42.8 Å². The summed E-state index contributed by atoms with van der Waals surface area (Å²) in [6, 6.07) is 14.2. The van der Waals surface area contributed by atoms with Gasteiger partial charge in [-0.2, -0.15) is 0 Å². The number of anilines is 1. The second kappa shape index (κ2) is 8.64. The van der Waals surface area contributed by atoms with Crippen molar-refractivity contribution in [2.75, 3.05) is 18.5 Å². The van der Waals surface area contributed by atoms with Crippen molar-refractivity contribution in [2.24, 2.45) is 0 Å². The van der Waals surface area contributed by atoms with E-state index in [2.05, 4.69) is 22.4 Å². The number of hydrogen-bond donors (Lipinski definition) is 1. The Morgan fingerprint density at radius 1 is 1.14 bits per heavy atom. The van der Waals surface area contributed by atoms with Gasteiger partial charge in [0.05, 0.1) is 6.61 Å². The van der Waals surface area contributed by atoms with Crippen LogP contribution in [0.4, 0.5) is 6.01 Å². The first kappa shape index (κ1) is 18.8. The third-order valence-electron chi connectivity index (χ3n) is 4.33. The van der Waals surface area contributed by atoms with Gasteiger partial charge < -0.3 is 18.6 Å². The van der Waals surface area contributed by atoms with Crippen molar-refractivity contribution >= 4 is 11.9 Å². The highest BCUT2D eigenvalue weighted by atomic mass is 16.6. The zero-order valence-electron chi connectivity index (χ0n) is 16.0. The van der Waals surface area contributed by atoms with Crippen LogP contribution in [0.5, 0.6) is 17.2 Å². The minimum atomic E-state index is -0.539. The molecule has 150 valence electrons. The Balaban J connectivity index is 1.36. The maximum Gasteiger partial charge on any atom is 0.322 e.